The molecule has 3 N–H and O–H groups in total. The van der Waals surface area contributed by atoms with Gasteiger partial charge in [-0.2, -0.15) is 0 Å². The monoisotopic (exact) mass is 459 g/mol. The van der Waals surface area contributed by atoms with Gasteiger partial charge in [0, 0.05) is 39.3 Å². The second kappa shape index (κ2) is 9.58. The largest absolute Gasteiger partial charge is 0.501 e. The Hall–Kier alpha value is -2.82. The Bertz CT molecular complexity index is 1060. The Morgan fingerprint density at radius 3 is 2.79 bits per heavy atom. The summed E-state index contributed by atoms with van der Waals surface area (Å²) in [5, 5.41) is 16.4. The summed E-state index contributed by atoms with van der Waals surface area (Å²) in [6, 6.07) is 5.70. The van der Waals surface area contributed by atoms with Gasteiger partial charge in [0.1, 0.15) is 11.6 Å². The second-order valence-corrected chi connectivity index (χ2v) is 8.93. The minimum atomic E-state index is -0.665. The molecule has 4 rings (SSSR count). The summed E-state index contributed by atoms with van der Waals surface area (Å²) in [6.45, 7) is 8.16. The molecule has 1 aromatic heterocycles. The van der Waals surface area contributed by atoms with Crippen LogP contribution in [0.1, 0.15) is 42.1 Å². The van der Waals surface area contributed by atoms with E-state index in [1.54, 1.807) is 12.1 Å². The maximum atomic E-state index is 13.1. The maximum Gasteiger partial charge on any atom is 0.296 e. The third-order valence-corrected chi connectivity index (χ3v) is 6.38. The van der Waals surface area contributed by atoms with Crippen molar-refractivity contribution < 1.29 is 19.0 Å². The van der Waals surface area contributed by atoms with Crippen LogP contribution in [0.5, 0.6) is 5.75 Å². The zero-order valence-electron chi connectivity index (χ0n) is 18.9. The van der Waals surface area contributed by atoms with Gasteiger partial charge in [0.05, 0.1) is 18.2 Å². The lowest BCUT2D eigenvalue weighted by atomic mass is 9.97. The third kappa shape index (κ3) is 4.92. The Morgan fingerprint density at radius 1 is 1.33 bits per heavy atom. The van der Waals surface area contributed by atoms with Crippen molar-refractivity contribution in [2.45, 2.75) is 45.0 Å². The van der Waals surface area contributed by atoms with E-state index in [9.17, 15) is 19.1 Å². The number of fused-ring (bicyclic) bond motifs is 1. The molecule has 1 unspecified atom stereocenters. The average molecular weight is 460 g/mol. The van der Waals surface area contributed by atoms with Gasteiger partial charge >= 0.3 is 0 Å². The van der Waals surface area contributed by atoms with Crippen LogP contribution in [0.15, 0.2) is 29.1 Å². The Morgan fingerprint density at radius 2 is 2.09 bits per heavy atom. The number of hydrogen-bond acceptors (Lipinski definition) is 7. The maximum absolute atomic E-state index is 13.1. The van der Waals surface area contributed by atoms with E-state index in [1.165, 1.54) is 16.7 Å². The van der Waals surface area contributed by atoms with E-state index in [0.29, 0.717) is 31.1 Å². The van der Waals surface area contributed by atoms with Crippen LogP contribution < -0.4 is 16.2 Å². The van der Waals surface area contributed by atoms with Crippen LogP contribution in [0, 0.1) is 5.82 Å². The molecule has 1 amide bonds. The van der Waals surface area contributed by atoms with Crippen molar-refractivity contribution in [1.29, 1.82) is 0 Å². The van der Waals surface area contributed by atoms with Crippen molar-refractivity contribution in [2.24, 2.45) is 0 Å². The number of aromatic nitrogens is 2. The standard InChI is InChI=1S/C23H30FN5O4/c1-23(2)22-27-18(20(31)26-13-15-3-5-16(24)6-4-15)19(30)21(32)29(22)11-10-28(23)9-7-17-14-25-8-12-33-17/h3-6,17,25,30H,7-14H2,1-2H3,(H,26,31). The quantitative estimate of drug-likeness (QED) is 0.590. The third-order valence-electron chi connectivity index (χ3n) is 6.38. The highest BCUT2D eigenvalue weighted by molar-refractivity contribution is 5.94. The summed E-state index contributed by atoms with van der Waals surface area (Å²) in [7, 11) is 0. The number of aromatic hydroxyl groups is 1. The van der Waals surface area contributed by atoms with Gasteiger partial charge < -0.3 is 20.5 Å². The minimum absolute atomic E-state index is 0.115. The molecule has 2 aliphatic rings. The van der Waals surface area contributed by atoms with Crippen LogP contribution in [0.3, 0.4) is 0 Å². The fourth-order valence-corrected chi connectivity index (χ4v) is 4.38. The summed E-state index contributed by atoms with van der Waals surface area (Å²) in [5.41, 5.74) is -0.869. The Balaban J connectivity index is 1.53. The molecule has 1 atom stereocenters. The first-order valence-corrected chi connectivity index (χ1v) is 11.2. The number of rotatable bonds is 6. The number of benzene rings is 1. The predicted octanol–water partition coefficient (Wildman–Crippen LogP) is 0.947. The van der Waals surface area contributed by atoms with Gasteiger partial charge in [-0.3, -0.25) is 19.1 Å². The Labute approximate surface area is 191 Å². The molecule has 10 heteroatoms. The lowest BCUT2D eigenvalue weighted by molar-refractivity contribution is 0.00141. The number of halogens is 1. The summed E-state index contributed by atoms with van der Waals surface area (Å²) in [5.74, 6) is -1.26. The lowest BCUT2D eigenvalue weighted by Crippen LogP contribution is -2.53. The van der Waals surface area contributed by atoms with Gasteiger partial charge in [-0.05, 0) is 38.0 Å². The predicted molar refractivity (Wildman–Crippen MR) is 120 cm³/mol. The summed E-state index contributed by atoms with van der Waals surface area (Å²) < 4.78 is 20.3. The first-order chi connectivity index (χ1) is 15.8. The molecule has 0 spiro atoms. The van der Waals surface area contributed by atoms with Crippen molar-refractivity contribution in [2.75, 3.05) is 32.8 Å². The SMILES string of the molecule is CC1(C)c2nc(C(=O)NCc3ccc(F)cc3)c(O)c(=O)n2CCN1CCC1CNCCO1. The van der Waals surface area contributed by atoms with Crippen molar-refractivity contribution in [3.05, 3.63) is 57.5 Å². The molecule has 9 nitrogen and oxygen atoms in total. The molecule has 178 valence electrons. The molecular weight excluding hydrogens is 429 g/mol. The van der Waals surface area contributed by atoms with Crippen molar-refractivity contribution >= 4 is 5.91 Å². The fourth-order valence-electron chi connectivity index (χ4n) is 4.38. The van der Waals surface area contributed by atoms with Gasteiger partial charge in [-0.15, -0.1) is 0 Å². The molecule has 1 fully saturated rings. The van der Waals surface area contributed by atoms with Crippen LogP contribution in [0.25, 0.3) is 0 Å². The number of hydrogen-bond donors (Lipinski definition) is 3. The van der Waals surface area contributed by atoms with Crippen LogP contribution in [-0.2, 0) is 23.4 Å². The number of carbonyl (C=O) groups excluding carboxylic acids is 1. The van der Waals surface area contributed by atoms with E-state index < -0.39 is 22.8 Å². The lowest BCUT2D eigenvalue weighted by Gasteiger charge is -2.43. The van der Waals surface area contributed by atoms with E-state index in [2.05, 4.69) is 20.5 Å². The normalized spacial score (nSPS) is 20.3. The molecule has 0 aliphatic carbocycles. The molecule has 3 heterocycles. The highest BCUT2D eigenvalue weighted by Crippen LogP contribution is 2.31. The Kier molecular flexibility index (Phi) is 6.78. The molecule has 0 saturated carbocycles. The van der Waals surface area contributed by atoms with E-state index in [0.717, 1.165) is 26.1 Å². The molecule has 2 aliphatic heterocycles. The second-order valence-electron chi connectivity index (χ2n) is 8.93. The van der Waals surface area contributed by atoms with Gasteiger partial charge in [0.25, 0.3) is 11.5 Å². The number of carbonyl (C=O) groups is 1. The molecular formula is C23H30FN5O4. The molecule has 1 saturated heterocycles. The number of nitrogens with zero attached hydrogens (tertiary/aromatic N) is 3. The van der Waals surface area contributed by atoms with E-state index in [-0.39, 0.29) is 24.2 Å². The fraction of sp³-hybridized carbons (Fsp3) is 0.522. The van der Waals surface area contributed by atoms with E-state index in [4.69, 9.17) is 4.74 Å². The number of ether oxygens (including phenoxy) is 1. The molecule has 33 heavy (non-hydrogen) atoms. The molecule has 0 radical (unpaired) electrons. The molecule has 0 bridgehead atoms. The zero-order valence-corrected chi connectivity index (χ0v) is 18.9. The van der Waals surface area contributed by atoms with Gasteiger partial charge in [0.15, 0.2) is 5.69 Å². The minimum Gasteiger partial charge on any atom is -0.501 e. The summed E-state index contributed by atoms with van der Waals surface area (Å²) in [6.07, 6.45) is 0.975. The first kappa shape index (κ1) is 23.3. The summed E-state index contributed by atoms with van der Waals surface area (Å²) in [4.78, 5) is 32.3. The van der Waals surface area contributed by atoms with E-state index in [1.807, 2.05) is 13.8 Å². The molecule has 1 aromatic carbocycles. The van der Waals surface area contributed by atoms with Crippen LogP contribution in [0.2, 0.25) is 0 Å². The first-order valence-electron chi connectivity index (χ1n) is 11.2. The van der Waals surface area contributed by atoms with Crippen molar-refractivity contribution in [3.8, 4) is 5.75 Å². The number of amides is 1. The van der Waals surface area contributed by atoms with Crippen LogP contribution in [0.4, 0.5) is 4.39 Å². The topological polar surface area (TPSA) is 109 Å². The summed E-state index contributed by atoms with van der Waals surface area (Å²) >= 11 is 0. The zero-order chi connectivity index (χ0) is 23.6. The highest BCUT2D eigenvalue weighted by Gasteiger charge is 2.39. The average Bonchev–Trinajstić information content (AvgIpc) is 2.81. The van der Waals surface area contributed by atoms with Crippen molar-refractivity contribution in [3.63, 3.8) is 0 Å². The van der Waals surface area contributed by atoms with Gasteiger partial charge in [-0.25, -0.2) is 9.37 Å². The van der Waals surface area contributed by atoms with Gasteiger partial charge in [0.2, 0.25) is 5.75 Å². The van der Waals surface area contributed by atoms with Crippen molar-refractivity contribution in [1.82, 2.24) is 25.1 Å². The van der Waals surface area contributed by atoms with Crippen LogP contribution >= 0.6 is 0 Å². The number of morpholine rings is 1. The molecule has 2 aromatic rings. The smallest absolute Gasteiger partial charge is 0.296 e. The highest BCUT2D eigenvalue weighted by atomic mass is 19.1. The van der Waals surface area contributed by atoms with E-state index >= 15 is 0 Å². The van der Waals surface area contributed by atoms with Gasteiger partial charge in [-0.1, -0.05) is 12.1 Å². The number of nitrogens with one attached hydrogen (secondary N) is 2. The van der Waals surface area contributed by atoms with Crippen LogP contribution in [-0.4, -0.2) is 64.4 Å².